The molecule has 0 aliphatic carbocycles. The summed E-state index contributed by atoms with van der Waals surface area (Å²) in [6.07, 6.45) is 2.60. The van der Waals surface area contributed by atoms with Crippen LogP contribution in [0.1, 0.15) is 43.9 Å². The molecule has 1 unspecified atom stereocenters. The highest BCUT2D eigenvalue weighted by atomic mass is 15.2. The highest BCUT2D eigenvalue weighted by molar-refractivity contribution is 5.25. The van der Waals surface area contributed by atoms with E-state index in [-0.39, 0.29) is 0 Å². The Labute approximate surface area is 118 Å². The first-order valence-electron chi connectivity index (χ1n) is 7.77. The molecule has 0 aromatic heterocycles. The van der Waals surface area contributed by atoms with Gasteiger partial charge in [0, 0.05) is 6.04 Å². The summed E-state index contributed by atoms with van der Waals surface area (Å²) in [6, 6.07) is 9.78. The third-order valence-corrected chi connectivity index (χ3v) is 4.45. The zero-order valence-electron chi connectivity index (χ0n) is 12.7. The third-order valence-electron chi connectivity index (χ3n) is 4.45. The molecule has 19 heavy (non-hydrogen) atoms. The average Bonchev–Trinajstić information content (AvgIpc) is 2.47. The summed E-state index contributed by atoms with van der Waals surface area (Å²) in [4.78, 5) is 2.63. The van der Waals surface area contributed by atoms with Crippen molar-refractivity contribution in [1.82, 2.24) is 10.2 Å². The molecule has 1 aliphatic heterocycles. The van der Waals surface area contributed by atoms with Gasteiger partial charge in [0.15, 0.2) is 0 Å². The summed E-state index contributed by atoms with van der Waals surface area (Å²) in [5, 5.41) is 3.49. The van der Waals surface area contributed by atoms with Crippen molar-refractivity contribution in [3.05, 3.63) is 35.4 Å². The maximum Gasteiger partial charge on any atom is 0.0377 e. The summed E-state index contributed by atoms with van der Waals surface area (Å²) in [5.74, 6) is 0.795. The van der Waals surface area contributed by atoms with E-state index in [1.54, 1.807) is 0 Å². The molecular weight excluding hydrogens is 232 g/mol. The van der Waals surface area contributed by atoms with Crippen LogP contribution in [0.25, 0.3) is 0 Å². The molecule has 0 radical (unpaired) electrons. The second kappa shape index (κ2) is 7.06. The van der Waals surface area contributed by atoms with E-state index in [0.717, 1.165) is 19.0 Å². The van der Waals surface area contributed by atoms with Gasteiger partial charge < -0.3 is 5.32 Å². The first-order chi connectivity index (χ1) is 9.26. The van der Waals surface area contributed by atoms with Crippen molar-refractivity contribution in [2.75, 3.05) is 26.2 Å². The van der Waals surface area contributed by atoms with Gasteiger partial charge in [-0.15, -0.1) is 0 Å². The van der Waals surface area contributed by atoms with Crippen LogP contribution in [0.2, 0.25) is 0 Å². The number of benzene rings is 1. The zero-order valence-corrected chi connectivity index (χ0v) is 12.7. The Morgan fingerprint density at radius 1 is 1.11 bits per heavy atom. The lowest BCUT2D eigenvalue weighted by molar-refractivity contribution is 0.133. The van der Waals surface area contributed by atoms with E-state index < -0.39 is 0 Å². The fourth-order valence-corrected chi connectivity index (χ4v) is 3.32. The second-order valence-corrected chi connectivity index (χ2v) is 5.66. The Balaban J connectivity index is 2.24. The molecule has 0 bridgehead atoms. The van der Waals surface area contributed by atoms with Gasteiger partial charge in [0.2, 0.25) is 0 Å². The number of nitrogens with zero attached hydrogens (tertiary/aromatic N) is 1. The highest BCUT2D eigenvalue weighted by Crippen LogP contribution is 2.34. The largest absolute Gasteiger partial charge is 0.317 e. The molecular formula is C17H28N2. The van der Waals surface area contributed by atoms with Crippen LogP contribution < -0.4 is 5.32 Å². The number of rotatable bonds is 5. The second-order valence-electron chi connectivity index (χ2n) is 5.66. The van der Waals surface area contributed by atoms with Crippen LogP contribution in [0.15, 0.2) is 24.3 Å². The van der Waals surface area contributed by atoms with Gasteiger partial charge in [0.1, 0.15) is 0 Å². The van der Waals surface area contributed by atoms with Gasteiger partial charge in [-0.1, -0.05) is 43.7 Å². The third kappa shape index (κ3) is 3.58. The van der Waals surface area contributed by atoms with Crippen molar-refractivity contribution in [3.8, 4) is 0 Å². The molecule has 1 aliphatic rings. The minimum Gasteiger partial charge on any atom is -0.317 e. The summed E-state index contributed by atoms with van der Waals surface area (Å²) < 4.78 is 0. The van der Waals surface area contributed by atoms with Crippen molar-refractivity contribution < 1.29 is 0 Å². The van der Waals surface area contributed by atoms with Crippen LogP contribution in [0.3, 0.4) is 0 Å². The Bertz CT molecular complexity index is 361. The van der Waals surface area contributed by atoms with Crippen molar-refractivity contribution in [2.45, 2.75) is 39.7 Å². The lowest BCUT2D eigenvalue weighted by atomic mass is 9.84. The molecule has 1 N–H and O–H groups in total. The van der Waals surface area contributed by atoms with Crippen LogP contribution >= 0.6 is 0 Å². The molecule has 1 aromatic rings. The van der Waals surface area contributed by atoms with Crippen molar-refractivity contribution in [1.29, 1.82) is 0 Å². The number of nitrogens with one attached hydrogen (secondary N) is 1. The van der Waals surface area contributed by atoms with E-state index >= 15 is 0 Å². The fraction of sp³-hybridized carbons (Fsp3) is 0.647. The van der Waals surface area contributed by atoms with Crippen LogP contribution in [0.4, 0.5) is 0 Å². The first-order valence-corrected chi connectivity index (χ1v) is 7.77. The summed E-state index contributed by atoms with van der Waals surface area (Å²) in [5.41, 5.74) is 2.86. The number of aryl methyl sites for hydroxylation is 1. The average molecular weight is 260 g/mol. The van der Waals surface area contributed by atoms with Gasteiger partial charge in [-0.2, -0.15) is 0 Å². The zero-order chi connectivity index (χ0) is 13.7. The molecule has 2 nitrogen and oxygen atoms in total. The number of piperidine rings is 1. The van der Waals surface area contributed by atoms with Crippen molar-refractivity contribution >= 4 is 0 Å². The molecule has 2 rings (SSSR count). The van der Waals surface area contributed by atoms with E-state index in [0.29, 0.717) is 6.04 Å². The molecule has 1 heterocycles. The molecule has 1 atom stereocenters. The lowest BCUT2D eigenvalue weighted by Gasteiger charge is -2.38. The monoisotopic (exact) mass is 260 g/mol. The van der Waals surface area contributed by atoms with Gasteiger partial charge in [0.25, 0.3) is 0 Å². The normalized spacial score (nSPS) is 18.7. The highest BCUT2D eigenvalue weighted by Gasteiger charge is 2.28. The minimum atomic E-state index is 0.595. The van der Waals surface area contributed by atoms with E-state index in [1.807, 2.05) is 0 Å². The first kappa shape index (κ1) is 14.5. The van der Waals surface area contributed by atoms with Crippen molar-refractivity contribution in [2.24, 2.45) is 5.92 Å². The van der Waals surface area contributed by atoms with Gasteiger partial charge in [-0.3, -0.25) is 4.90 Å². The van der Waals surface area contributed by atoms with E-state index in [1.165, 1.54) is 37.1 Å². The number of hydrogen-bond acceptors (Lipinski definition) is 2. The summed E-state index contributed by atoms with van der Waals surface area (Å²) >= 11 is 0. The van der Waals surface area contributed by atoms with Crippen LogP contribution in [-0.4, -0.2) is 31.1 Å². The molecule has 1 saturated heterocycles. The molecule has 0 spiro atoms. The Kier molecular flexibility index (Phi) is 5.41. The molecule has 1 fully saturated rings. The smallest absolute Gasteiger partial charge is 0.0377 e. The van der Waals surface area contributed by atoms with Crippen LogP contribution in [-0.2, 0) is 0 Å². The topological polar surface area (TPSA) is 15.3 Å². The summed E-state index contributed by atoms with van der Waals surface area (Å²) in [6.45, 7) is 11.4. The molecule has 0 saturated carbocycles. The lowest BCUT2D eigenvalue weighted by Crippen LogP contribution is -2.39. The summed E-state index contributed by atoms with van der Waals surface area (Å²) in [7, 11) is 0. The van der Waals surface area contributed by atoms with Crippen LogP contribution in [0, 0.1) is 12.8 Å². The standard InChI is InChI=1S/C17H28N2/c1-4-19(5-2)17(16-10-12-18-13-11-16)15-8-6-14(3)7-9-15/h6-9,16-18H,4-5,10-13H2,1-3H3. The molecule has 106 valence electrons. The Morgan fingerprint density at radius 2 is 1.68 bits per heavy atom. The Hall–Kier alpha value is -0.860. The SMILES string of the molecule is CCN(CC)C(c1ccc(C)cc1)C1CCNCC1. The fourth-order valence-electron chi connectivity index (χ4n) is 3.32. The maximum atomic E-state index is 3.49. The van der Waals surface area contributed by atoms with E-state index in [2.05, 4.69) is 55.3 Å². The van der Waals surface area contributed by atoms with Gasteiger partial charge in [-0.25, -0.2) is 0 Å². The predicted octanol–water partition coefficient (Wildman–Crippen LogP) is 3.38. The molecule has 0 amide bonds. The Morgan fingerprint density at radius 3 is 2.21 bits per heavy atom. The molecule has 2 heteroatoms. The maximum absolute atomic E-state index is 3.49. The number of hydrogen-bond donors (Lipinski definition) is 1. The van der Waals surface area contributed by atoms with Gasteiger partial charge >= 0.3 is 0 Å². The van der Waals surface area contributed by atoms with Crippen LogP contribution in [0.5, 0.6) is 0 Å². The van der Waals surface area contributed by atoms with E-state index in [9.17, 15) is 0 Å². The quantitative estimate of drug-likeness (QED) is 0.873. The van der Waals surface area contributed by atoms with Gasteiger partial charge in [-0.05, 0) is 57.4 Å². The minimum absolute atomic E-state index is 0.595. The van der Waals surface area contributed by atoms with Crippen molar-refractivity contribution in [3.63, 3.8) is 0 Å². The van der Waals surface area contributed by atoms with Gasteiger partial charge in [0.05, 0.1) is 0 Å². The molecule has 1 aromatic carbocycles. The van der Waals surface area contributed by atoms with E-state index in [4.69, 9.17) is 0 Å². The predicted molar refractivity (Wildman–Crippen MR) is 82.4 cm³/mol.